The first-order valence-corrected chi connectivity index (χ1v) is 9.53. The van der Waals surface area contributed by atoms with Gasteiger partial charge < -0.3 is 4.43 Å². The lowest BCUT2D eigenvalue weighted by atomic mass is 10.1. The molecule has 0 saturated heterocycles. The molecule has 3 heteroatoms. The van der Waals surface area contributed by atoms with Gasteiger partial charge in [0.1, 0.15) is 0 Å². The van der Waals surface area contributed by atoms with Crippen molar-refractivity contribution in [1.29, 1.82) is 0 Å². The number of hydrogen-bond acceptors (Lipinski definition) is 2. The van der Waals surface area contributed by atoms with Crippen LogP contribution < -0.4 is 0 Å². The summed E-state index contributed by atoms with van der Waals surface area (Å²) in [7, 11) is 0.595. The van der Waals surface area contributed by atoms with Crippen molar-refractivity contribution in [3.05, 3.63) is 0 Å². The maximum absolute atomic E-state index is 5.51. The molecule has 0 aromatic rings. The molecule has 0 aromatic carbocycles. The van der Waals surface area contributed by atoms with Crippen LogP contribution in [0, 0.1) is 0 Å². The molecule has 0 aliphatic heterocycles. The predicted molar refractivity (Wildman–Crippen MR) is 70.9 cm³/mol. The largest absolute Gasteiger partial charge is 0.420 e. The van der Waals surface area contributed by atoms with E-state index < -0.39 is 8.32 Å². The van der Waals surface area contributed by atoms with E-state index in [1.54, 1.807) is 0 Å². The first kappa shape index (κ1) is 14.5. The van der Waals surface area contributed by atoms with Crippen molar-refractivity contribution in [2.75, 3.05) is 12.9 Å². The summed E-state index contributed by atoms with van der Waals surface area (Å²) in [6, 6.07) is 1.32. The van der Waals surface area contributed by atoms with E-state index in [0.717, 1.165) is 5.75 Å². The van der Waals surface area contributed by atoms with Crippen LogP contribution in [0.5, 0.6) is 0 Å². The van der Waals surface area contributed by atoms with Gasteiger partial charge in [-0.25, -0.2) is 0 Å². The van der Waals surface area contributed by atoms with Crippen LogP contribution in [0.15, 0.2) is 0 Å². The minimum absolute atomic E-state index is 1.05. The minimum Gasteiger partial charge on any atom is -0.420 e. The number of hydrogen-bond donors (Lipinski definition) is 1. The standard InChI is InChI=1S/C11H26OSSi/c1-12-14(2,3)11-9-7-5-4-6-8-10-13/h13H,4-11H2,1-3H3. The molecule has 0 heterocycles. The molecule has 1 nitrogen and oxygen atoms in total. The molecule has 0 bridgehead atoms. The Bertz CT molecular complexity index is 128. The topological polar surface area (TPSA) is 9.23 Å². The Morgan fingerprint density at radius 2 is 1.43 bits per heavy atom. The number of thiol groups is 1. The SMILES string of the molecule is CO[Si](C)(C)CCCCCCCCS. The van der Waals surface area contributed by atoms with Crippen molar-refractivity contribution in [2.45, 2.75) is 57.7 Å². The normalized spacial score (nSPS) is 12.0. The summed E-state index contributed by atoms with van der Waals surface area (Å²) in [6.45, 7) is 4.60. The van der Waals surface area contributed by atoms with Gasteiger partial charge in [0.05, 0.1) is 0 Å². The predicted octanol–water partition coefficient (Wildman–Crippen LogP) is 4.11. The molecule has 86 valence electrons. The Balaban J connectivity index is 3.13. The Morgan fingerprint density at radius 3 is 1.93 bits per heavy atom. The summed E-state index contributed by atoms with van der Waals surface area (Å²) in [5.41, 5.74) is 0. The third-order valence-electron chi connectivity index (χ3n) is 2.74. The van der Waals surface area contributed by atoms with Crippen molar-refractivity contribution in [1.82, 2.24) is 0 Å². The zero-order valence-electron chi connectivity index (χ0n) is 10.0. The lowest BCUT2D eigenvalue weighted by Crippen LogP contribution is -2.27. The molecule has 0 aromatic heterocycles. The lowest BCUT2D eigenvalue weighted by molar-refractivity contribution is 0.401. The molecule has 0 spiro atoms. The highest BCUT2D eigenvalue weighted by Gasteiger charge is 2.18. The van der Waals surface area contributed by atoms with Crippen molar-refractivity contribution in [3.63, 3.8) is 0 Å². The molecule has 0 fully saturated rings. The fraction of sp³-hybridized carbons (Fsp3) is 1.00. The monoisotopic (exact) mass is 234 g/mol. The van der Waals surface area contributed by atoms with E-state index in [1.807, 2.05) is 7.11 Å². The van der Waals surface area contributed by atoms with Crippen LogP contribution in [0.25, 0.3) is 0 Å². The average molecular weight is 234 g/mol. The molecule has 0 N–H and O–H groups in total. The van der Waals surface area contributed by atoms with Crippen LogP contribution in [-0.2, 0) is 4.43 Å². The highest BCUT2D eigenvalue weighted by Crippen LogP contribution is 2.16. The van der Waals surface area contributed by atoms with Crippen LogP contribution >= 0.6 is 12.6 Å². The van der Waals surface area contributed by atoms with Gasteiger partial charge in [0.15, 0.2) is 8.32 Å². The van der Waals surface area contributed by atoms with E-state index in [-0.39, 0.29) is 0 Å². The minimum atomic E-state index is -1.26. The summed E-state index contributed by atoms with van der Waals surface area (Å²) in [5.74, 6) is 1.05. The first-order valence-electron chi connectivity index (χ1n) is 5.78. The van der Waals surface area contributed by atoms with Crippen LogP contribution in [-0.4, -0.2) is 21.2 Å². The molecule has 0 aliphatic rings. The van der Waals surface area contributed by atoms with Crippen LogP contribution in [0.3, 0.4) is 0 Å². The summed E-state index contributed by atoms with van der Waals surface area (Å²) in [5, 5.41) is 0. The Hall–Kier alpha value is 0.527. The molecule has 0 radical (unpaired) electrons. The number of rotatable bonds is 9. The van der Waals surface area contributed by atoms with Gasteiger partial charge >= 0.3 is 0 Å². The van der Waals surface area contributed by atoms with E-state index >= 15 is 0 Å². The van der Waals surface area contributed by atoms with Gasteiger partial charge in [-0.3, -0.25) is 0 Å². The molecule has 14 heavy (non-hydrogen) atoms. The van der Waals surface area contributed by atoms with Gasteiger partial charge in [0, 0.05) is 7.11 Å². The summed E-state index contributed by atoms with van der Waals surface area (Å²) >= 11 is 4.20. The maximum Gasteiger partial charge on any atom is 0.186 e. The quantitative estimate of drug-likeness (QED) is 0.359. The van der Waals surface area contributed by atoms with E-state index in [2.05, 4.69) is 25.7 Å². The Labute approximate surface area is 96.2 Å². The third-order valence-corrected chi connectivity index (χ3v) is 5.72. The van der Waals surface area contributed by atoms with Crippen LogP contribution in [0.2, 0.25) is 19.1 Å². The molecule has 0 rings (SSSR count). The zero-order chi connectivity index (χ0) is 10.9. The molecular weight excluding hydrogens is 208 g/mol. The van der Waals surface area contributed by atoms with Gasteiger partial charge in [-0.15, -0.1) is 0 Å². The number of unbranched alkanes of at least 4 members (excludes halogenated alkanes) is 5. The Kier molecular flexibility index (Phi) is 9.14. The van der Waals surface area contributed by atoms with Crippen molar-refractivity contribution in [2.24, 2.45) is 0 Å². The molecule has 0 atom stereocenters. The van der Waals surface area contributed by atoms with Crippen LogP contribution in [0.4, 0.5) is 0 Å². The second-order valence-corrected chi connectivity index (χ2v) is 9.43. The Morgan fingerprint density at radius 1 is 0.929 bits per heavy atom. The summed E-state index contributed by atoms with van der Waals surface area (Å²) in [6.07, 6.45) is 8.15. The molecule has 0 unspecified atom stereocenters. The zero-order valence-corrected chi connectivity index (χ0v) is 11.9. The van der Waals surface area contributed by atoms with Crippen molar-refractivity contribution in [3.8, 4) is 0 Å². The summed E-state index contributed by atoms with van der Waals surface area (Å²) in [4.78, 5) is 0. The van der Waals surface area contributed by atoms with E-state index in [4.69, 9.17) is 4.43 Å². The molecule has 0 aliphatic carbocycles. The van der Waals surface area contributed by atoms with E-state index in [0.29, 0.717) is 0 Å². The fourth-order valence-electron chi connectivity index (χ4n) is 1.47. The second-order valence-electron chi connectivity index (χ2n) is 4.56. The van der Waals surface area contributed by atoms with Crippen molar-refractivity contribution < 1.29 is 4.43 Å². The highest BCUT2D eigenvalue weighted by molar-refractivity contribution is 7.80. The highest BCUT2D eigenvalue weighted by atomic mass is 32.1. The molecule has 0 amide bonds. The van der Waals surface area contributed by atoms with Gasteiger partial charge in [0.2, 0.25) is 0 Å². The third kappa shape index (κ3) is 9.10. The first-order chi connectivity index (χ1) is 6.62. The van der Waals surface area contributed by atoms with Gasteiger partial charge in [-0.1, -0.05) is 32.1 Å². The lowest BCUT2D eigenvalue weighted by Gasteiger charge is -2.19. The molecule has 0 saturated carbocycles. The van der Waals surface area contributed by atoms with Crippen LogP contribution in [0.1, 0.15) is 38.5 Å². The van der Waals surface area contributed by atoms with Crippen molar-refractivity contribution >= 4 is 20.9 Å². The van der Waals surface area contributed by atoms with E-state index in [1.165, 1.54) is 44.6 Å². The average Bonchev–Trinajstić information content (AvgIpc) is 2.16. The van der Waals surface area contributed by atoms with Gasteiger partial charge in [0.25, 0.3) is 0 Å². The van der Waals surface area contributed by atoms with Gasteiger partial charge in [-0.2, -0.15) is 12.6 Å². The van der Waals surface area contributed by atoms with Gasteiger partial charge in [-0.05, 0) is 31.3 Å². The second kappa shape index (κ2) is 8.80. The smallest absolute Gasteiger partial charge is 0.186 e. The van der Waals surface area contributed by atoms with E-state index in [9.17, 15) is 0 Å². The fourth-order valence-corrected chi connectivity index (χ4v) is 3.00. The maximum atomic E-state index is 5.51. The summed E-state index contributed by atoms with van der Waals surface area (Å²) < 4.78 is 5.51. The molecular formula is C11H26OSSi.